The Morgan fingerprint density at radius 1 is 1.20 bits per heavy atom. The summed E-state index contributed by atoms with van der Waals surface area (Å²) in [5.41, 5.74) is 7.15. The molecule has 4 heteroatoms. The van der Waals surface area contributed by atoms with Crippen LogP contribution in [0.4, 0.5) is 0 Å². The van der Waals surface area contributed by atoms with Crippen LogP contribution >= 0.6 is 11.6 Å². The monoisotopic (exact) mass is 290 g/mol. The van der Waals surface area contributed by atoms with Gasteiger partial charge in [-0.25, -0.2) is 5.43 Å². The molecule has 0 heterocycles. The Bertz CT molecular complexity index is 613. The lowest BCUT2D eigenvalue weighted by Gasteiger charge is -2.22. The van der Waals surface area contributed by atoms with Crippen LogP contribution in [0, 0.1) is 13.8 Å². The minimum Gasteiger partial charge on any atom is -0.496 e. The zero-order valence-electron chi connectivity index (χ0n) is 11.9. The SMILES string of the molecule is COc1c(C(NN)c2cccc(Cl)c2)ccc(C)c1C. The van der Waals surface area contributed by atoms with Gasteiger partial charge in [0.25, 0.3) is 0 Å². The van der Waals surface area contributed by atoms with Crippen LogP contribution < -0.4 is 16.0 Å². The molecule has 3 nitrogen and oxygen atoms in total. The van der Waals surface area contributed by atoms with Gasteiger partial charge in [-0.1, -0.05) is 35.9 Å². The average molecular weight is 291 g/mol. The van der Waals surface area contributed by atoms with E-state index in [0.717, 1.165) is 22.4 Å². The van der Waals surface area contributed by atoms with Crippen LogP contribution in [0.25, 0.3) is 0 Å². The van der Waals surface area contributed by atoms with Crippen molar-refractivity contribution >= 4 is 11.6 Å². The molecule has 2 aromatic carbocycles. The Labute approximate surface area is 124 Å². The first-order valence-corrected chi connectivity index (χ1v) is 6.82. The molecule has 1 atom stereocenters. The van der Waals surface area contributed by atoms with Gasteiger partial charge in [-0.3, -0.25) is 5.84 Å². The molecule has 0 saturated carbocycles. The van der Waals surface area contributed by atoms with Crippen LogP contribution in [0.2, 0.25) is 5.02 Å². The Kier molecular flexibility index (Phi) is 4.65. The van der Waals surface area contributed by atoms with Gasteiger partial charge >= 0.3 is 0 Å². The number of hydrogen-bond donors (Lipinski definition) is 2. The molecular weight excluding hydrogens is 272 g/mol. The number of ether oxygens (including phenoxy) is 1. The van der Waals surface area contributed by atoms with Crippen LogP contribution in [0.1, 0.15) is 28.3 Å². The minimum atomic E-state index is -0.164. The predicted octanol–water partition coefficient (Wildman–Crippen LogP) is 3.52. The number of aryl methyl sites for hydroxylation is 1. The van der Waals surface area contributed by atoms with Crippen molar-refractivity contribution in [1.29, 1.82) is 0 Å². The van der Waals surface area contributed by atoms with Gasteiger partial charge < -0.3 is 4.74 Å². The van der Waals surface area contributed by atoms with Gasteiger partial charge in [-0.15, -0.1) is 0 Å². The van der Waals surface area contributed by atoms with Crippen molar-refractivity contribution in [2.75, 3.05) is 7.11 Å². The number of methoxy groups -OCH3 is 1. The molecule has 0 spiro atoms. The van der Waals surface area contributed by atoms with Gasteiger partial charge in [0, 0.05) is 10.6 Å². The normalized spacial score (nSPS) is 12.2. The second-order valence-electron chi connectivity index (χ2n) is 4.78. The first kappa shape index (κ1) is 14.9. The summed E-state index contributed by atoms with van der Waals surface area (Å²) in [5, 5.41) is 0.686. The van der Waals surface area contributed by atoms with Gasteiger partial charge in [0.2, 0.25) is 0 Å². The zero-order chi connectivity index (χ0) is 14.7. The van der Waals surface area contributed by atoms with Crippen LogP contribution in [0.15, 0.2) is 36.4 Å². The Hall–Kier alpha value is -1.55. The predicted molar refractivity (Wildman–Crippen MR) is 83.1 cm³/mol. The van der Waals surface area contributed by atoms with Crippen LogP contribution in [0.3, 0.4) is 0 Å². The summed E-state index contributed by atoms with van der Waals surface area (Å²) in [7, 11) is 1.68. The zero-order valence-corrected chi connectivity index (χ0v) is 12.7. The number of nitrogens with two attached hydrogens (primary N) is 1. The van der Waals surface area contributed by atoms with Gasteiger partial charge in [0.15, 0.2) is 0 Å². The largest absolute Gasteiger partial charge is 0.496 e. The molecule has 2 aromatic rings. The molecule has 106 valence electrons. The minimum absolute atomic E-state index is 0.164. The third kappa shape index (κ3) is 2.80. The lowest BCUT2D eigenvalue weighted by molar-refractivity contribution is 0.401. The van der Waals surface area contributed by atoms with E-state index in [1.807, 2.05) is 37.3 Å². The number of hydrazine groups is 1. The molecule has 2 rings (SSSR count). The van der Waals surface area contributed by atoms with E-state index in [4.69, 9.17) is 22.2 Å². The Balaban J connectivity index is 2.55. The highest BCUT2D eigenvalue weighted by molar-refractivity contribution is 6.30. The maximum atomic E-state index is 6.06. The van der Waals surface area contributed by atoms with Gasteiger partial charge in [-0.2, -0.15) is 0 Å². The number of nitrogens with one attached hydrogen (secondary N) is 1. The van der Waals surface area contributed by atoms with Crippen molar-refractivity contribution in [3.05, 3.63) is 63.7 Å². The topological polar surface area (TPSA) is 47.3 Å². The average Bonchev–Trinajstić information content (AvgIpc) is 2.44. The molecule has 1 unspecified atom stereocenters. The van der Waals surface area contributed by atoms with Crippen molar-refractivity contribution in [3.8, 4) is 5.75 Å². The highest BCUT2D eigenvalue weighted by atomic mass is 35.5. The summed E-state index contributed by atoms with van der Waals surface area (Å²) < 4.78 is 5.56. The van der Waals surface area contributed by atoms with E-state index < -0.39 is 0 Å². The number of hydrogen-bond acceptors (Lipinski definition) is 3. The van der Waals surface area contributed by atoms with E-state index in [9.17, 15) is 0 Å². The quantitative estimate of drug-likeness (QED) is 0.669. The molecule has 0 aliphatic carbocycles. The fourth-order valence-corrected chi connectivity index (χ4v) is 2.56. The molecule has 0 fully saturated rings. The molecule has 0 aliphatic heterocycles. The van der Waals surface area contributed by atoms with E-state index in [-0.39, 0.29) is 6.04 Å². The summed E-state index contributed by atoms with van der Waals surface area (Å²) in [6.45, 7) is 4.11. The van der Waals surface area contributed by atoms with E-state index in [1.165, 1.54) is 5.56 Å². The fourth-order valence-electron chi connectivity index (χ4n) is 2.36. The fraction of sp³-hybridized carbons (Fsp3) is 0.250. The molecule has 0 bridgehead atoms. The summed E-state index contributed by atoms with van der Waals surface area (Å²) >= 11 is 6.06. The van der Waals surface area contributed by atoms with Crippen molar-refractivity contribution < 1.29 is 4.74 Å². The standard InChI is InChI=1S/C16H19ClN2O/c1-10-7-8-14(16(20-3)11(10)2)15(19-18)12-5-4-6-13(17)9-12/h4-9,15,19H,18H2,1-3H3. The maximum Gasteiger partial charge on any atom is 0.127 e. The number of benzene rings is 2. The molecule has 0 radical (unpaired) electrons. The molecule has 20 heavy (non-hydrogen) atoms. The third-order valence-corrected chi connectivity index (χ3v) is 3.81. The molecule has 0 aliphatic rings. The highest BCUT2D eigenvalue weighted by Crippen LogP contribution is 2.34. The van der Waals surface area contributed by atoms with Crippen LogP contribution in [-0.2, 0) is 0 Å². The van der Waals surface area contributed by atoms with Crippen LogP contribution in [0.5, 0.6) is 5.75 Å². The van der Waals surface area contributed by atoms with Gasteiger partial charge in [-0.05, 0) is 42.7 Å². The lowest BCUT2D eigenvalue weighted by Crippen LogP contribution is -2.29. The van der Waals surface area contributed by atoms with Gasteiger partial charge in [0.1, 0.15) is 5.75 Å². The summed E-state index contributed by atoms with van der Waals surface area (Å²) in [5.74, 6) is 6.60. The summed E-state index contributed by atoms with van der Waals surface area (Å²) in [4.78, 5) is 0. The van der Waals surface area contributed by atoms with Crippen LogP contribution in [-0.4, -0.2) is 7.11 Å². The Morgan fingerprint density at radius 2 is 1.95 bits per heavy atom. The van der Waals surface area contributed by atoms with Crippen molar-refractivity contribution in [3.63, 3.8) is 0 Å². The lowest BCUT2D eigenvalue weighted by atomic mass is 9.94. The molecular formula is C16H19ClN2O. The molecule has 3 N–H and O–H groups in total. The van der Waals surface area contributed by atoms with E-state index in [1.54, 1.807) is 7.11 Å². The summed E-state index contributed by atoms with van der Waals surface area (Å²) in [6.07, 6.45) is 0. The van der Waals surface area contributed by atoms with Crippen molar-refractivity contribution in [1.82, 2.24) is 5.43 Å². The summed E-state index contributed by atoms with van der Waals surface area (Å²) in [6, 6.07) is 11.6. The van der Waals surface area contributed by atoms with E-state index in [0.29, 0.717) is 5.02 Å². The van der Waals surface area contributed by atoms with Crippen molar-refractivity contribution in [2.45, 2.75) is 19.9 Å². The maximum absolute atomic E-state index is 6.06. The molecule has 0 saturated heterocycles. The second-order valence-corrected chi connectivity index (χ2v) is 5.22. The Morgan fingerprint density at radius 3 is 2.55 bits per heavy atom. The van der Waals surface area contributed by atoms with Gasteiger partial charge in [0.05, 0.1) is 13.2 Å². The smallest absolute Gasteiger partial charge is 0.127 e. The first-order chi connectivity index (χ1) is 9.58. The number of rotatable bonds is 4. The second kappa shape index (κ2) is 6.27. The third-order valence-electron chi connectivity index (χ3n) is 3.57. The first-order valence-electron chi connectivity index (χ1n) is 6.44. The van der Waals surface area contributed by atoms with E-state index >= 15 is 0 Å². The molecule has 0 aromatic heterocycles. The van der Waals surface area contributed by atoms with Crippen molar-refractivity contribution in [2.24, 2.45) is 5.84 Å². The number of halogens is 1. The highest BCUT2D eigenvalue weighted by Gasteiger charge is 2.19. The molecule has 0 amide bonds. The van der Waals surface area contributed by atoms with E-state index in [2.05, 4.69) is 18.4 Å².